The lowest BCUT2D eigenvalue weighted by Crippen LogP contribution is -2.49. The number of morpholine rings is 1. The number of aryl methyl sites for hydroxylation is 2. The van der Waals surface area contributed by atoms with Gasteiger partial charge in [0.25, 0.3) is 5.91 Å². The standard InChI is InChI=1S/C16H27N3O3/c1-4-5-6-18-10-15(13(3)17-18)16(21)19-7-8-22-11-14(19)9-12(2)20/h10,12,14,20H,4-9,11H2,1-3H3. The van der Waals surface area contributed by atoms with Gasteiger partial charge in [0.05, 0.1) is 36.6 Å². The number of aromatic nitrogens is 2. The van der Waals surface area contributed by atoms with Crippen molar-refractivity contribution in [1.29, 1.82) is 0 Å². The number of unbranched alkanes of at least 4 members (excludes halogenated alkanes) is 1. The predicted octanol–water partition coefficient (Wildman–Crippen LogP) is 1.60. The van der Waals surface area contributed by atoms with Gasteiger partial charge >= 0.3 is 0 Å². The monoisotopic (exact) mass is 309 g/mol. The van der Waals surface area contributed by atoms with Crippen molar-refractivity contribution in [3.8, 4) is 0 Å². The lowest BCUT2D eigenvalue weighted by atomic mass is 10.1. The molecule has 6 heteroatoms. The van der Waals surface area contributed by atoms with Crippen molar-refractivity contribution in [2.45, 2.75) is 58.7 Å². The summed E-state index contributed by atoms with van der Waals surface area (Å²) in [6.07, 6.45) is 4.09. The number of carbonyl (C=O) groups excluding carboxylic acids is 1. The molecule has 1 aliphatic rings. The van der Waals surface area contributed by atoms with E-state index in [0.717, 1.165) is 25.1 Å². The first-order valence-corrected chi connectivity index (χ1v) is 8.13. The summed E-state index contributed by atoms with van der Waals surface area (Å²) in [6.45, 7) is 8.19. The molecule has 124 valence electrons. The smallest absolute Gasteiger partial charge is 0.257 e. The van der Waals surface area contributed by atoms with E-state index in [1.165, 1.54) is 0 Å². The number of nitrogens with zero attached hydrogens (tertiary/aromatic N) is 3. The molecule has 1 amide bonds. The fraction of sp³-hybridized carbons (Fsp3) is 0.750. The van der Waals surface area contributed by atoms with Crippen molar-refractivity contribution in [3.05, 3.63) is 17.5 Å². The Morgan fingerprint density at radius 2 is 2.36 bits per heavy atom. The van der Waals surface area contributed by atoms with Crippen molar-refractivity contribution in [2.24, 2.45) is 0 Å². The minimum absolute atomic E-state index is 0.00537. The Hall–Kier alpha value is -1.40. The van der Waals surface area contributed by atoms with Crippen LogP contribution in [-0.4, -0.2) is 57.6 Å². The molecule has 1 saturated heterocycles. The van der Waals surface area contributed by atoms with Crippen molar-refractivity contribution in [1.82, 2.24) is 14.7 Å². The quantitative estimate of drug-likeness (QED) is 0.867. The molecule has 1 N–H and O–H groups in total. The Morgan fingerprint density at radius 3 is 3.05 bits per heavy atom. The zero-order valence-electron chi connectivity index (χ0n) is 13.8. The summed E-state index contributed by atoms with van der Waals surface area (Å²) < 4.78 is 7.32. The van der Waals surface area contributed by atoms with Crippen molar-refractivity contribution < 1.29 is 14.6 Å². The number of rotatable bonds is 6. The highest BCUT2D eigenvalue weighted by molar-refractivity contribution is 5.95. The maximum absolute atomic E-state index is 12.8. The minimum atomic E-state index is -0.449. The summed E-state index contributed by atoms with van der Waals surface area (Å²) in [5.41, 5.74) is 1.43. The topological polar surface area (TPSA) is 67.6 Å². The van der Waals surface area contributed by atoms with Crippen molar-refractivity contribution in [3.63, 3.8) is 0 Å². The molecule has 6 nitrogen and oxygen atoms in total. The van der Waals surface area contributed by atoms with Crippen LogP contribution in [0.2, 0.25) is 0 Å². The van der Waals surface area contributed by atoms with Gasteiger partial charge in [0.2, 0.25) is 0 Å². The van der Waals surface area contributed by atoms with Crippen LogP contribution in [0.5, 0.6) is 0 Å². The Bertz CT molecular complexity index is 499. The zero-order chi connectivity index (χ0) is 16.1. The summed E-state index contributed by atoms with van der Waals surface area (Å²) >= 11 is 0. The fourth-order valence-corrected chi connectivity index (χ4v) is 2.83. The van der Waals surface area contributed by atoms with Gasteiger partial charge in [0, 0.05) is 19.3 Å². The Kier molecular flexibility index (Phi) is 5.97. The van der Waals surface area contributed by atoms with Gasteiger partial charge in [-0.2, -0.15) is 5.10 Å². The summed E-state index contributed by atoms with van der Waals surface area (Å²) in [7, 11) is 0. The van der Waals surface area contributed by atoms with Crippen LogP contribution in [0.1, 0.15) is 49.2 Å². The van der Waals surface area contributed by atoms with Gasteiger partial charge in [0.15, 0.2) is 0 Å². The lowest BCUT2D eigenvalue weighted by molar-refractivity contribution is -0.0152. The number of hydrogen-bond acceptors (Lipinski definition) is 4. The average Bonchev–Trinajstić information content (AvgIpc) is 2.85. The maximum Gasteiger partial charge on any atom is 0.257 e. The van der Waals surface area contributed by atoms with E-state index in [0.29, 0.717) is 31.7 Å². The Balaban J connectivity index is 2.12. The molecule has 0 spiro atoms. The predicted molar refractivity (Wildman–Crippen MR) is 83.8 cm³/mol. The van der Waals surface area contributed by atoms with Crippen LogP contribution in [0.25, 0.3) is 0 Å². The summed E-state index contributed by atoms with van der Waals surface area (Å²) in [6, 6.07) is -0.0698. The van der Waals surface area contributed by atoms with Gasteiger partial charge in [-0.05, 0) is 26.7 Å². The highest BCUT2D eigenvalue weighted by Crippen LogP contribution is 2.18. The molecule has 0 saturated carbocycles. The van der Waals surface area contributed by atoms with E-state index in [4.69, 9.17) is 4.74 Å². The van der Waals surface area contributed by atoms with Gasteiger partial charge in [-0.25, -0.2) is 0 Å². The van der Waals surface area contributed by atoms with Crippen LogP contribution < -0.4 is 0 Å². The number of aliphatic hydroxyl groups excluding tert-OH is 1. The molecule has 1 aliphatic heterocycles. The molecule has 0 radical (unpaired) electrons. The third-order valence-electron chi connectivity index (χ3n) is 4.02. The normalized spacial score (nSPS) is 20.2. The van der Waals surface area contributed by atoms with Crippen LogP contribution in [0, 0.1) is 6.92 Å². The van der Waals surface area contributed by atoms with Crippen LogP contribution in [-0.2, 0) is 11.3 Å². The van der Waals surface area contributed by atoms with Gasteiger partial charge in [0.1, 0.15) is 0 Å². The number of aliphatic hydroxyl groups is 1. The zero-order valence-corrected chi connectivity index (χ0v) is 13.8. The largest absolute Gasteiger partial charge is 0.393 e. The average molecular weight is 309 g/mol. The van der Waals surface area contributed by atoms with Crippen molar-refractivity contribution in [2.75, 3.05) is 19.8 Å². The molecular formula is C16H27N3O3. The number of carbonyl (C=O) groups is 1. The molecule has 1 aromatic rings. The molecule has 2 rings (SSSR count). The molecule has 0 aliphatic carbocycles. The van der Waals surface area contributed by atoms with Gasteiger partial charge in [-0.3, -0.25) is 9.48 Å². The molecule has 1 fully saturated rings. The summed E-state index contributed by atoms with van der Waals surface area (Å²) in [4.78, 5) is 14.7. The fourth-order valence-electron chi connectivity index (χ4n) is 2.83. The van der Waals surface area contributed by atoms with E-state index >= 15 is 0 Å². The molecule has 2 atom stereocenters. The van der Waals surface area contributed by atoms with Gasteiger partial charge in [-0.15, -0.1) is 0 Å². The number of ether oxygens (including phenoxy) is 1. The molecule has 0 bridgehead atoms. The summed E-state index contributed by atoms with van der Waals surface area (Å²) in [5, 5.41) is 14.1. The van der Waals surface area contributed by atoms with E-state index in [9.17, 15) is 9.90 Å². The molecule has 1 aromatic heterocycles. The second-order valence-corrected chi connectivity index (χ2v) is 6.06. The SMILES string of the molecule is CCCCn1cc(C(=O)N2CCOCC2CC(C)O)c(C)n1. The second-order valence-electron chi connectivity index (χ2n) is 6.06. The first kappa shape index (κ1) is 17.0. The van der Waals surface area contributed by atoms with Crippen molar-refractivity contribution >= 4 is 5.91 Å². The minimum Gasteiger partial charge on any atom is -0.393 e. The molecule has 22 heavy (non-hydrogen) atoms. The molecule has 2 unspecified atom stereocenters. The van der Waals surface area contributed by atoms with E-state index in [1.54, 1.807) is 6.92 Å². The first-order chi connectivity index (χ1) is 10.5. The third kappa shape index (κ3) is 4.08. The van der Waals surface area contributed by atoms with Gasteiger partial charge in [-0.1, -0.05) is 13.3 Å². The van der Waals surface area contributed by atoms with Gasteiger partial charge < -0.3 is 14.7 Å². The van der Waals surface area contributed by atoms with E-state index in [1.807, 2.05) is 22.7 Å². The van der Waals surface area contributed by atoms with Crippen LogP contribution in [0.4, 0.5) is 0 Å². The first-order valence-electron chi connectivity index (χ1n) is 8.13. The highest BCUT2D eigenvalue weighted by Gasteiger charge is 2.30. The van der Waals surface area contributed by atoms with E-state index in [2.05, 4.69) is 12.0 Å². The summed E-state index contributed by atoms with van der Waals surface area (Å²) in [5.74, 6) is -0.00537. The lowest BCUT2D eigenvalue weighted by Gasteiger charge is -2.36. The third-order valence-corrected chi connectivity index (χ3v) is 4.02. The van der Waals surface area contributed by atoms with E-state index in [-0.39, 0.29) is 11.9 Å². The molecule has 0 aromatic carbocycles. The second kappa shape index (κ2) is 7.74. The van der Waals surface area contributed by atoms with E-state index < -0.39 is 6.10 Å². The Morgan fingerprint density at radius 1 is 1.59 bits per heavy atom. The van der Waals surface area contributed by atoms with Crippen LogP contribution in [0.3, 0.4) is 0 Å². The Labute approximate surface area is 132 Å². The maximum atomic E-state index is 12.8. The molecular weight excluding hydrogens is 282 g/mol. The number of amides is 1. The molecule has 2 heterocycles. The van der Waals surface area contributed by atoms with Crippen LogP contribution in [0.15, 0.2) is 6.20 Å². The number of hydrogen-bond donors (Lipinski definition) is 1. The highest BCUT2D eigenvalue weighted by atomic mass is 16.5. The van der Waals surface area contributed by atoms with Crippen LogP contribution >= 0.6 is 0 Å².